The number of ether oxygens (including phenoxy) is 1. The summed E-state index contributed by atoms with van der Waals surface area (Å²) in [5.41, 5.74) is 21.8. The number of hydrogen-bond donors (Lipinski definition) is 0. The molecule has 0 radical (unpaired) electrons. The van der Waals surface area contributed by atoms with E-state index in [1.54, 1.807) is 0 Å². The van der Waals surface area contributed by atoms with Crippen molar-refractivity contribution in [2.24, 2.45) is 0 Å². The molecule has 498 valence electrons. The zero-order valence-electron chi connectivity index (χ0n) is 59.1. The standard InChI is InChI=1S/C100H76BNOSi2/c1-100(2,3)82-56-61-92-97(70-82)103-98-69-81(75-52-59-88(60-53-75)105(85-44-24-10-25-45-85,86-46-26-11-27-47-86)90-49-29-39-78(65-90)72-32-14-5-15-33-72)68-96-99(98)101(92)93-67-80(55-63-95(93)102(96)94-62-54-79(73-34-16-6-17-35-73)66-91(94)76-36-18-7-19-37-76)74-50-57-87(58-51-74)104(83-40-20-8-21-41-83,84-42-22-9-23-43-84)89-48-28-38-77(64-89)71-30-12-4-13-31-71/h4-70H,1-3H3. The van der Waals surface area contributed by atoms with Crippen LogP contribution in [-0.2, 0) is 5.41 Å². The minimum Gasteiger partial charge on any atom is -0.458 e. The molecule has 0 spiro atoms. The zero-order valence-corrected chi connectivity index (χ0v) is 61.1. The van der Waals surface area contributed by atoms with Crippen LogP contribution in [0.25, 0.3) is 66.8 Å². The maximum atomic E-state index is 7.60. The lowest BCUT2D eigenvalue weighted by molar-refractivity contribution is 0.483. The van der Waals surface area contributed by atoms with Gasteiger partial charge in [-0.15, -0.1) is 0 Å². The van der Waals surface area contributed by atoms with Gasteiger partial charge < -0.3 is 9.64 Å². The molecule has 2 aliphatic rings. The number of fused-ring (bicyclic) bond motifs is 4. The van der Waals surface area contributed by atoms with Gasteiger partial charge in [0.2, 0.25) is 0 Å². The molecule has 2 nitrogen and oxygen atoms in total. The summed E-state index contributed by atoms with van der Waals surface area (Å²) < 4.78 is 7.60. The summed E-state index contributed by atoms with van der Waals surface area (Å²) in [6.07, 6.45) is 0. The Balaban J connectivity index is 0.840. The molecule has 0 saturated heterocycles. The fourth-order valence-electron chi connectivity index (χ4n) is 16.9. The summed E-state index contributed by atoms with van der Waals surface area (Å²) in [6, 6.07) is 153. The van der Waals surface area contributed by atoms with E-state index in [2.05, 4.69) is 432 Å². The quantitative estimate of drug-likeness (QED) is 0.0749. The van der Waals surface area contributed by atoms with Crippen LogP contribution in [0.15, 0.2) is 406 Å². The molecule has 2 heterocycles. The van der Waals surface area contributed by atoms with Gasteiger partial charge in [-0.25, -0.2) is 0 Å². The van der Waals surface area contributed by atoms with Crippen LogP contribution in [0.1, 0.15) is 26.3 Å². The molecular weight excluding hydrogens is 1300 g/mol. The summed E-state index contributed by atoms with van der Waals surface area (Å²) in [5.74, 6) is 1.75. The van der Waals surface area contributed by atoms with Crippen molar-refractivity contribution in [3.8, 4) is 78.3 Å². The van der Waals surface area contributed by atoms with Gasteiger partial charge in [0, 0.05) is 16.9 Å². The smallest absolute Gasteiger partial charge is 0.256 e. The van der Waals surface area contributed by atoms with Crippen LogP contribution >= 0.6 is 0 Å². The summed E-state index contributed by atoms with van der Waals surface area (Å²) in [5, 5.41) is 10.6. The van der Waals surface area contributed by atoms with Crippen molar-refractivity contribution in [2.75, 3.05) is 4.90 Å². The molecule has 0 amide bonds. The van der Waals surface area contributed by atoms with Crippen molar-refractivity contribution >= 4 is 97.8 Å². The Hall–Kier alpha value is -12.4. The van der Waals surface area contributed by atoms with Crippen molar-refractivity contribution in [3.63, 3.8) is 0 Å². The first kappa shape index (κ1) is 64.7. The lowest BCUT2D eigenvalue weighted by Gasteiger charge is -2.41. The number of benzene rings is 16. The van der Waals surface area contributed by atoms with Gasteiger partial charge >= 0.3 is 0 Å². The Bertz CT molecular complexity index is 5740. The van der Waals surface area contributed by atoms with E-state index in [-0.39, 0.29) is 12.1 Å². The molecule has 0 aromatic heterocycles. The molecular formula is C100H76BNOSi2. The maximum Gasteiger partial charge on any atom is 0.256 e. The molecule has 0 aliphatic carbocycles. The van der Waals surface area contributed by atoms with Crippen molar-refractivity contribution in [1.29, 1.82) is 0 Å². The second kappa shape index (κ2) is 27.1. The highest BCUT2D eigenvalue weighted by Gasteiger charge is 2.46. The second-order valence-electron chi connectivity index (χ2n) is 29.0. The molecule has 0 unspecified atom stereocenters. The number of hydrogen-bond acceptors (Lipinski definition) is 2. The lowest BCUT2D eigenvalue weighted by Crippen LogP contribution is -2.74. The summed E-state index contributed by atoms with van der Waals surface area (Å²) in [6.45, 7) is 6.71. The third kappa shape index (κ3) is 11.5. The molecule has 105 heavy (non-hydrogen) atoms. The minimum atomic E-state index is -2.98. The molecule has 0 fully saturated rings. The van der Waals surface area contributed by atoms with Crippen molar-refractivity contribution in [2.45, 2.75) is 26.2 Å². The fourth-order valence-corrected chi connectivity index (χ4v) is 26.5. The Kier molecular flexibility index (Phi) is 16.7. The zero-order chi connectivity index (χ0) is 70.5. The topological polar surface area (TPSA) is 12.5 Å². The minimum absolute atomic E-state index is 0.124. The molecule has 0 N–H and O–H groups in total. The molecule has 2 aliphatic heterocycles. The van der Waals surface area contributed by atoms with Gasteiger partial charge in [-0.05, 0) is 166 Å². The third-order valence-electron chi connectivity index (χ3n) is 22.0. The predicted octanol–water partition coefficient (Wildman–Crippen LogP) is 18.1. The van der Waals surface area contributed by atoms with Crippen LogP contribution in [0, 0.1) is 0 Å². The largest absolute Gasteiger partial charge is 0.458 e. The molecule has 0 bridgehead atoms. The monoisotopic (exact) mass is 1370 g/mol. The normalized spacial score (nSPS) is 12.4. The van der Waals surface area contributed by atoms with E-state index >= 15 is 0 Å². The van der Waals surface area contributed by atoms with Crippen molar-refractivity contribution in [1.82, 2.24) is 0 Å². The van der Waals surface area contributed by atoms with E-state index in [1.807, 2.05) is 0 Å². The van der Waals surface area contributed by atoms with Gasteiger partial charge in [-0.1, -0.05) is 391 Å². The molecule has 5 heteroatoms. The van der Waals surface area contributed by atoms with Crippen molar-refractivity contribution < 1.29 is 4.74 Å². The highest BCUT2D eigenvalue weighted by Crippen LogP contribution is 2.48. The van der Waals surface area contributed by atoms with Crippen LogP contribution in [0.3, 0.4) is 0 Å². The van der Waals surface area contributed by atoms with Gasteiger partial charge in [0.25, 0.3) is 6.71 Å². The van der Waals surface area contributed by atoms with E-state index in [4.69, 9.17) is 4.74 Å². The number of rotatable bonds is 15. The highest BCUT2D eigenvalue weighted by atomic mass is 28.3. The predicted molar refractivity (Wildman–Crippen MR) is 451 cm³/mol. The van der Waals surface area contributed by atoms with Gasteiger partial charge in [0.05, 0.1) is 5.69 Å². The molecule has 16 aromatic carbocycles. The van der Waals surface area contributed by atoms with Gasteiger partial charge in [0.15, 0.2) is 16.1 Å². The van der Waals surface area contributed by atoms with Gasteiger partial charge in [0.1, 0.15) is 11.5 Å². The average Bonchev–Trinajstić information content (AvgIpc) is 0.716. The second-order valence-corrected chi connectivity index (χ2v) is 36.6. The van der Waals surface area contributed by atoms with Crippen LogP contribution < -0.4 is 67.5 Å². The Labute approximate surface area is 619 Å². The van der Waals surface area contributed by atoms with E-state index in [0.29, 0.717) is 0 Å². The number of anilines is 3. The maximum absolute atomic E-state index is 7.60. The van der Waals surface area contributed by atoms with E-state index < -0.39 is 16.1 Å². The molecule has 0 atom stereocenters. The Morgan fingerprint density at radius 2 is 0.590 bits per heavy atom. The van der Waals surface area contributed by atoms with Crippen LogP contribution in [0.4, 0.5) is 17.1 Å². The Morgan fingerprint density at radius 3 is 1.04 bits per heavy atom. The van der Waals surface area contributed by atoms with Crippen LogP contribution in [-0.4, -0.2) is 22.9 Å². The lowest BCUT2D eigenvalue weighted by atomic mass is 9.34. The first-order valence-electron chi connectivity index (χ1n) is 36.6. The van der Waals surface area contributed by atoms with Crippen molar-refractivity contribution in [3.05, 3.63) is 412 Å². The van der Waals surface area contributed by atoms with Crippen LogP contribution in [0.2, 0.25) is 0 Å². The molecule has 18 rings (SSSR count). The Morgan fingerprint density at radius 1 is 0.238 bits per heavy atom. The SMILES string of the molecule is CC(C)(C)c1ccc2c(c1)Oc1cc(-c3ccc([Si](c4ccccc4)(c4ccccc4)c4cccc(-c5ccccc5)c4)cc3)cc3c1B2c1cc(-c2ccc([Si](c4ccccc4)(c4ccccc4)c4cccc(-c5ccccc5)c4)cc2)ccc1N3c1ccc(-c2ccccc2)cc1-c1ccccc1. The van der Waals surface area contributed by atoms with E-state index in [0.717, 1.165) is 78.4 Å². The summed E-state index contributed by atoms with van der Waals surface area (Å²) in [7, 11) is -5.93. The third-order valence-corrected chi connectivity index (χ3v) is 31.6. The summed E-state index contributed by atoms with van der Waals surface area (Å²) in [4.78, 5) is 2.57. The van der Waals surface area contributed by atoms with E-state index in [9.17, 15) is 0 Å². The molecule has 16 aromatic rings. The fraction of sp³-hybridized carbons (Fsp3) is 0.0400. The van der Waals surface area contributed by atoms with Gasteiger partial charge in [-0.3, -0.25) is 0 Å². The van der Waals surface area contributed by atoms with Crippen LogP contribution in [0.5, 0.6) is 11.5 Å². The first-order chi connectivity index (χ1) is 51.7. The van der Waals surface area contributed by atoms with Gasteiger partial charge in [-0.2, -0.15) is 0 Å². The first-order valence-corrected chi connectivity index (χ1v) is 40.6. The highest BCUT2D eigenvalue weighted by molar-refractivity contribution is 7.20. The molecule has 0 saturated carbocycles. The van der Waals surface area contributed by atoms with E-state index in [1.165, 1.54) is 80.3 Å². The summed E-state index contributed by atoms with van der Waals surface area (Å²) >= 11 is 0. The number of nitrogens with zero attached hydrogens (tertiary/aromatic N) is 1. The average molecular weight is 1370 g/mol.